The summed E-state index contributed by atoms with van der Waals surface area (Å²) in [7, 11) is 1.19. The van der Waals surface area contributed by atoms with Gasteiger partial charge in [-0.1, -0.05) is 0 Å². The Morgan fingerprint density at radius 2 is 2.14 bits per heavy atom. The molecule has 0 spiro atoms. The molecule has 1 aromatic rings. The fourth-order valence-corrected chi connectivity index (χ4v) is 1.54. The molecular formula is C7H13N3O3S. The van der Waals surface area contributed by atoms with Crippen molar-refractivity contribution in [3.05, 3.63) is 12.0 Å². The zero-order chi connectivity index (χ0) is 10.9. The SMILES string of the molecule is CN(C)Cc1nc(S(=O)(=O)O)cn1C. The van der Waals surface area contributed by atoms with Gasteiger partial charge >= 0.3 is 10.1 Å². The molecular weight excluding hydrogens is 206 g/mol. The molecule has 1 N–H and O–H groups in total. The number of aryl methyl sites for hydroxylation is 1. The molecule has 0 saturated carbocycles. The minimum absolute atomic E-state index is 0.308. The molecule has 0 aliphatic heterocycles. The van der Waals surface area contributed by atoms with E-state index in [0.29, 0.717) is 12.4 Å². The number of rotatable bonds is 3. The average Bonchev–Trinajstić information content (AvgIpc) is 2.30. The zero-order valence-electron chi connectivity index (χ0n) is 8.30. The average molecular weight is 219 g/mol. The van der Waals surface area contributed by atoms with E-state index in [1.54, 1.807) is 11.6 Å². The van der Waals surface area contributed by atoms with Crippen molar-refractivity contribution in [3.8, 4) is 0 Å². The Hall–Kier alpha value is -0.920. The lowest BCUT2D eigenvalue weighted by molar-refractivity contribution is 0.384. The first-order chi connectivity index (χ1) is 6.30. The van der Waals surface area contributed by atoms with Gasteiger partial charge < -0.3 is 9.47 Å². The summed E-state index contributed by atoms with van der Waals surface area (Å²) in [5.41, 5.74) is 0. The molecule has 0 saturated heterocycles. The van der Waals surface area contributed by atoms with Crippen LogP contribution in [0.4, 0.5) is 0 Å². The summed E-state index contributed by atoms with van der Waals surface area (Å²) in [4.78, 5) is 5.66. The van der Waals surface area contributed by atoms with Crippen LogP contribution in [0.1, 0.15) is 5.82 Å². The molecule has 0 unspecified atom stereocenters. The van der Waals surface area contributed by atoms with Crippen LogP contribution in [0.2, 0.25) is 0 Å². The lowest BCUT2D eigenvalue weighted by atomic mass is 10.5. The maximum absolute atomic E-state index is 10.8. The molecule has 1 heterocycles. The van der Waals surface area contributed by atoms with Crippen molar-refractivity contribution in [1.82, 2.24) is 14.5 Å². The highest BCUT2D eigenvalue weighted by molar-refractivity contribution is 7.85. The number of aromatic nitrogens is 2. The quantitative estimate of drug-likeness (QED) is 0.708. The van der Waals surface area contributed by atoms with Crippen LogP contribution < -0.4 is 0 Å². The van der Waals surface area contributed by atoms with Gasteiger partial charge in [-0.3, -0.25) is 4.55 Å². The second kappa shape index (κ2) is 3.68. The first-order valence-corrected chi connectivity index (χ1v) is 5.39. The summed E-state index contributed by atoms with van der Waals surface area (Å²) >= 11 is 0. The topological polar surface area (TPSA) is 75.4 Å². The molecule has 0 amide bonds. The van der Waals surface area contributed by atoms with E-state index in [9.17, 15) is 8.42 Å². The van der Waals surface area contributed by atoms with Gasteiger partial charge in [0.05, 0.1) is 6.54 Å². The summed E-state index contributed by atoms with van der Waals surface area (Å²) in [5.74, 6) is 0.586. The normalized spacial score (nSPS) is 12.4. The van der Waals surface area contributed by atoms with Crippen LogP contribution in [0.15, 0.2) is 11.2 Å². The Balaban J connectivity index is 3.06. The predicted molar refractivity (Wildman–Crippen MR) is 50.4 cm³/mol. The lowest BCUT2D eigenvalue weighted by Crippen LogP contribution is -2.14. The fourth-order valence-electron chi connectivity index (χ4n) is 1.03. The van der Waals surface area contributed by atoms with Crippen LogP contribution in [-0.4, -0.2) is 41.5 Å². The van der Waals surface area contributed by atoms with Gasteiger partial charge in [-0.25, -0.2) is 4.98 Å². The Morgan fingerprint density at radius 3 is 2.50 bits per heavy atom. The van der Waals surface area contributed by atoms with Gasteiger partial charge in [0.1, 0.15) is 5.82 Å². The number of imidazole rings is 1. The number of nitrogens with zero attached hydrogens (tertiary/aromatic N) is 3. The highest BCUT2D eigenvalue weighted by Gasteiger charge is 2.16. The van der Waals surface area contributed by atoms with Gasteiger partial charge in [-0.05, 0) is 14.1 Å². The van der Waals surface area contributed by atoms with Crippen LogP contribution in [0.5, 0.6) is 0 Å². The second-order valence-corrected chi connectivity index (χ2v) is 4.69. The van der Waals surface area contributed by atoms with Crippen molar-refractivity contribution in [2.75, 3.05) is 14.1 Å². The largest absolute Gasteiger partial charge is 0.335 e. The minimum Gasteiger partial charge on any atom is -0.335 e. The van der Waals surface area contributed by atoms with Crippen LogP contribution in [0, 0.1) is 0 Å². The van der Waals surface area contributed by atoms with E-state index in [1.807, 2.05) is 19.0 Å². The van der Waals surface area contributed by atoms with Crippen LogP contribution in [0.25, 0.3) is 0 Å². The van der Waals surface area contributed by atoms with Crippen LogP contribution in [-0.2, 0) is 23.7 Å². The smallest absolute Gasteiger partial charge is 0.313 e. The van der Waals surface area contributed by atoms with E-state index in [0.717, 1.165) is 0 Å². The first kappa shape index (κ1) is 11.2. The highest BCUT2D eigenvalue weighted by atomic mass is 32.2. The van der Waals surface area contributed by atoms with Crippen molar-refractivity contribution in [1.29, 1.82) is 0 Å². The lowest BCUT2D eigenvalue weighted by Gasteiger charge is -2.07. The Kier molecular flexibility index (Phi) is 2.93. The van der Waals surface area contributed by atoms with Gasteiger partial charge in [0.15, 0.2) is 0 Å². The highest BCUT2D eigenvalue weighted by Crippen LogP contribution is 2.08. The summed E-state index contributed by atoms with van der Waals surface area (Å²) in [6.45, 7) is 0.520. The standard InChI is InChI=1S/C7H13N3O3S/c1-9(2)4-6-8-7(5-10(6)3)14(11,12)13/h5H,4H2,1-3H3,(H,11,12,13). The van der Waals surface area contributed by atoms with Gasteiger partial charge in [0.2, 0.25) is 5.03 Å². The van der Waals surface area contributed by atoms with E-state index < -0.39 is 10.1 Å². The van der Waals surface area contributed by atoms with Crippen LogP contribution in [0.3, 0.4) is 0 Å². The Bertz CT molecular complexity index is 421. The fraction of sp³-hybridized carbons (Fsp3) is 0.571. The molecule has 0 atom stereocenters. The predicted octanol–water partition coefficient (Wildman–Crippen LogP) is -0.272. The molecule has 1 aromatic heterocycles. The van der Waals surface area contributed by atoms with Gasteiger partial charge in [-0.2, -0.15) is 8.42 Å². The summed E-state index contributed by atoms with van der Waals surface area (Å²) < 4.78 is 31.8. The monoisotopic (exact) mass is 219 g/mol. The molecule has 1 rings (SSSR count). The summed E-state index contributed by atoms with van der Waals surface area (Å²) in [6.07, 6.45) is 1.29. The molecule has 0 fully saturated rings. The minimum atomic E-state index is -4.19. The summed E-state index contributed by atoms with van der Waals surface area (Å²) in [6, 6.07) is 0. The van der Waals surface area contributed by atoms with Crippen molar-refractivity contribution in [3.63, 3.8) is 0 Å². The molecule has 80 valence electrons. The van der Waals surface area contributed by atoms with E-state index in [4.69, 9.17) is 4.55 Å². The molecule has 0 aromatic carbocycles. The van der Waals surface area contributed by atoms with E-state index in [2.05, 4.69) is 4.98 Å². The molecule has 0 radical (unpaired) electrons. The molecule has 7 heteroatoms. The van der Waals surface area contributed by atoms with Gasteiger partial charge in [0, 0.05) is 13.2 Å². The second-order valence-electron chi connectivity index (χ2n) is 3.32. The zero-order valence-corrected chi connectivity index (χ0v) is 9.11. The first-order valence-electron chi connectivity index (χ1n) is 3.95. The molecule has 14 heavy (non-hydrogen) atoms. The van der Waals surface area contributed by atoms with Crippen LogP contribution >= 0.6 is 0 Å². The molecule has 0 aliphatic carbocycles. The third kappa shape index (κ3) is 2.53. The van der Waals surface area contributed by atoms with Crippen molar-refractivity contribution in [2.24, 2.45) is 7.05 Å². The Morgan fingerprint density at radius 1 is 1.57 bits per heavy atom. The van der Waals surface area contributed by atoms with Gasteiger partial charge in [0.25, 0.3) is 0 Å². The number of hydrogen-bond donors (Lipinski definition) is 1. The van der Waals surface area contributed by atoms with Crippen molar-refractivity contribution < 1.29 is 13.0 Å². The maximum atomic E-state index is 10.8. The molecule has 0 bridgehead atoms. The molecule has 0 aliphatic rings. The van der Waals surface area contributed by atoms with E-state index >= 15 is 0 Å². The van der Waals surface area contributed by atoms with Crippen molar-refractivity contribution in [2.45, 2.75) is 11.6 Å². The third-order valence-corrected chi connectivity index (χ3v) is 2.40. The van der Waals surface area contributed by atoms with E-state index in [1.165, 1.54) is 6.20 Å². The summed E-state index contributed by atoms with van der Waals surface area (Å²) in [5, 5.41) is -0.308. The Labute approximate surface area is 82.9 Å². The van der Waals surface area contributed by atoms with Crippen molar-refractivity contribution >= 4 is 10.1 Å². The van der Waals surface area contributed by atoms with E-state index in [-0.39, 0.29) is 5.03 Å². The third-order valence-electron chi connectivity index (χ3n) is 1.67. The molecule has 6 nitrogen and oxygen atoms in total. The maximum Gasteiger partial charge on any atom is 0.313 e. The van der Waals surface area contributed by atoms with Gasteiger partial charge in [-0.15, -0.1) is 0 Å². The number of hydrogen-bond acceptors (Lipinski definition) is 4.